The Labute approximate surface area is 118 Å². The molecular formula is C14H19ClN2O2. The highest BCUT2D eigenvalue weighted by atomic mass is 35.5. The van der Waals surface area contributed by atoms with Crippen LogP contribution in [-0.2, 0) is 4.74 Å². The second-order valence-corrected chi connectivity index (χ2v) is 5.00. The molecule has 1 heterocycles. The van der Waals surface area contributed by atoms with E-state index in [1.165, 1.54) is 0 Å². The van der Waals surface area contributed by atoms with Crippen molar-refractivity contribution in [1.82, 2.24) is 10.2 Å². The summed E-state index contributed by atoms with van der Waals surface area (Å²) in [4.78, 5) is 13.9. The Kier molecular flexibility index (Phi) is 5.05. The molecule has 1 N–H and O–H groups in total. The van der Waals surface area contributed by atoms with Gasteiger partial charge in [-0.25, -0.2) is 4.79 Å². The number of ether oxygens (including phenoxy) is 1. The zero-order chi connectivity index (χ0) is 13.7. The Balaban J connectivity index is 1.98. The summed E-state index contributed by atoms with van der Waals surface area (Å²) in [5.74, 6) is 0. The lowest BCUT2D eigenvalue weighted by molar-refractivity contribution is 0.0524. The minimum absolute atomic E-state index is 0.0209. The first-order chi connectivity index (χ1) is 9.20. The molecule has 104 valence electrons. The van der Waals surface area contributed by atoms with Crippen molar-refractivity contribution >= 4 is 17.6 Å². The first-order valence-corrected chi connectivity index (χ1v) is 6.97. The van der Waals surface area contributed by atoms with E-state index in [1.807, 2.05) is 24.3 Å². The second kappa shape index (κ2) is 6.78. The highest BCUT2D eigenvalue weighted by molar-refractivity contribution is 6.30. The van der Waals surface area contributed by atoms with Gasteiger partial charge in [-0.1, -0.05) is 30.7 Å². The van der Waals surface area contributed by atoms with Gasteiger partial charge >= 0.3 is 6.03 Å². The summed E-state index contributed by atoms with van der Waals surface area (Å²) < 4.78 is 5.24. The first kappa shape index (κ1) is 14.2. The van der Waals surface area contributed by atoms with Crippen LogP contribution in [0.4, 0.5) is 4.79 Å². The van der Waals surface area contributed by atoms with E-state index in [4.69, 9.17) is 16.3 Å². The fraction of sp³-hybridized carbons (Fsp3) is 0.500. The number of hydrogen-bond acceptors (Lipinski definition) is 2. The molecule has 1 atom stereocenters. The van der Waals surface area contributed by atoms with Crippen molar-refractivity contribution in [1.29, 1.82) is 0 Å². The number of nitrogens with zero attached hydrogens (tertiary/aromatic N) is 1. The zero-order valence-corrected chi connectivity index (χ0v) is 11.8. The molecule has 1 fully saturated rings. The lowest BCUT2D eigenvalue weighted by Crippen LogP contribution is -2.47. The van der Waals surface area contributed by atoms with Crippen molar-refractivity contribution in [3.8, 4) is 0 Å². The highest BCUT2D eigenvalue weighted by Crippen LogP contribution is 2.19. The predicted molar refractivity (Wildman–Crippen MR) is 75.4 cm³/mol. The number of benzene rings is 1. The number of carbonyl (C=O) groups excluding carboxylic acids is 1. The van der Waals surface area contributed by atoms with E-state index < -0.39 is 0 Å². The molecular weight excluding hydrogens is 264 g/mol. The van der Waals surface area contributed by atoms with Crippen LogP contribution in [-0.4, -0.2) is 37.2 Å². The summed E-state index contributed by atoms with van der Waals surface area (Å²) >= 11 is 5.88. The Morgan fingerprint density at radius 1 is 1.37 bits per heavy atom. The second-order valence-electron chi connectivity index (χ2n) is 4.56. The summed E-state index contributed by atoms with van der Waals surface area (Å²) in [6.45, 7) is 4.60. The summed E-state index contributed by atoms with van der Waals surface area (Å²) in [6, 6.07) is 7.60. The van der Waals surface area contributed by atoms with Gasteiger partial charge in [0, 0.05) is 18.1 Å². The summed E-state index contributed by atoms with van der Waals surface area (Å²) in [5.41, 5.74) is 1.08. The Morgan fingerprint density at radius 3 is 2.58 bits per heavy atom. The van der Waals surface area contributed by atoms with Crippen LogP contribution in [0.3, 0.4) is 0 Å². The number of halogens is 1. The van der Waals surface area contributed by atoms with Crippen molar-refractivity contribution in [3.05, 3.63) is 34.9 Å². The normalized spacial score (nSPS) is 17.1. The minimum atomic E-state index is -0.0231. The number of amides is 2. The van der Waals surface area contributed by atoms with Gasteiger partial charge in [0.1, 0.15) is 0 Å². The zero-order valence-electron chi connectivity index (χ0n) is 11.1. The van der Waals surface area contributed by atoms with Crippen LogP contribution in [0.2, 0.25) is 5.02 Å². The molecule has 2 rings (SSSR count). The quantitative estimate of drug-likeness (QED) is 0.926. The van der Waals surface area contributed by atoms with Crippen LogP contribution in [0.1, 0.15) is 24.9 Å². The highest BCUT2D eigenvalue weighted by Gasteiger charge is 2.20. The molecule has 19 heavy (non-hydrogen) atoms. The molecule has 1 aromatic rings. The monoisotopic (exact) mass is 282 g/mol. The molecule has 0 aliphatic carbocycles. The smallest absolute Gasteiger partial charge is 0.318 e. The number of rotatable bonds is 3. The van der Waals surface area contributed by atoms with Gasteiger partial charge in [0.25, 0.3) is 0 Å². The molecule has 0 bridgehead atoms. The van der Waals surface area contributed by atoms with Gasteiger partial charge in [-0.2, -0.15) is 0 Å². The Morgan fingerprint density at radius 2 is 2.00 bits per heavy atom. The minimum Gasteiger partial charge on any atom is -0.378 e. The van der Waals surface area contributed by atoms with Gasteiger partial charge in [0.05, 0.1) is 19.3 Å². The molecule has 2 amide bonds. The van der Waals surface area contributed by atoms with Crippen LogP contribution >= 0.6 is 11.6 Å². The van der Waals surface area contributed by atoms with Crippen LogP contribution in [0, 0.1) is 0 Å². The van der Waals surface area contributed by atoms with E-state index in [0.717, 1.165) is 12.0 Å². The molecule has 0 aromatic heterocycles. The van der Waals surface area contributed by atoms with E-state index in [9.17, 15) is 4.79 Å². The Bertz CT molecular complexity index is 416. The topological polar surface area (TPSA) is 41.6 Å². The third-order valence-electron chi connectivity index (χ3n) is 3.28. The van der Waals surface area contributed by atoms with E-state index >= 15 is 0 Å². The molecule has 5 heteroatoms. The van der Waals surface area contributed by atoms with Crippen LogP contribution in [0.25, 0.3) is 0 Å². The maximum Gasteiger partial charge on any atom is 0.318 e. The predicted octanol–water partition coefficient (Wildman–Crippen LogP) is 2.83. The van der Waals surface area contributed by atoms with Crippen LogP contribution in [0.5, 0.6) is 0 Å². The van der Waals surface area contributed by atoms with E-state index in [0.29, 0.717) is 31.3 Å². The van der Waals surface area contributed by atoms with Gasteiger partial charge in [0.15, 0.2) is 0 Å². The van der Waals surface area contributed by atoms with E-state index in [-0.39, 0.29) is 12.1 Å². The average Bonchev–Trinajstić information content (AvgIpc) is 2.46. The van der Waals surface area contributed by atoms with Crippen LogP contribution < -0.4 is 5.32 Å². The SMILES string of the molecule is CCC(NC(=O)N1CCOCC1)c1ccc(Cl)cc1. The summed E-state index contributed by atoms with van der Waals surface area (Å²) in [6.07, 6.45) is 0.845. The number of nitrogens with one attached hydrogen (secondary N) is 1. The largest absolute Gasteiger partial charge is 0.378 e. The lowest BCUT2D eigenvalue weighted by Gasteiger charge is -2.29. The molecule has 1 unspecified atom stereocenters. The van der Waals surface area contributed by atoms with Crippen molar-refractivity contribution < 1.29 is 9.53 Å². The van der Waals surface area contributed by atoms with Crippen molar-refractivity contribution in [2.75, 3.05) is 26.3 Å². The molecule has 0 spiro atoms. The molecule has 1 aromatic carbocycles. The van der Waals surface area contributed by atoms with E-state index in [2.05, 4.69) is 12.2 Å². The molecule has 1 saturated heterocycles. The van der Waals surface area contributed by atoms with Crippen molar-refractivity contribution in [2.45, 2.75) is 19.4 Å². The molecule has 0 radical (unpaired) electrons. The molecule has 4 nitrogen and oxygen atoms in total. The van der Waals surface area contributed by atoms with Crippen LogP contribution in [0.15, 0.2) is 24.3 Å². The molecule has 0 saturated carbocycles. The van der Waals surface area contributed by atoms with Crippen molar-refractivity contribution in [2.24, 2.45) is 0 Å². The van der Waals surface area contributed by atoms with Gasteiger partial charge in [-0.15, -0.1) is 0 Å². The van der Waals surface area contributed by atoms with Gasteiger partial charge < -0.3 is 15.0 Å². The third kappa shape index (κ3) is 3.85. The van der Waals surface area contributed by atoms with Gasteiger partial charge in [-0.3, -0.25) is 0 Å². The summed E-state index contributed by atoms with van der Waals surface area (Å²) in [7, 11) is 0. The number of hydrogen-bond donors (Lipinski definition) is 1. The van der Waals surface area contributed by atoms with E-state index in [1.54, 1.807) is 4.90 Å². The number of carbonyl (C=O) groups is 1. The number of morpholine rings is 1. The lowest BCUT2D eigenvalue weighted by atomic mass is 10.1. The standard InChI is InChI=1S/C14H19ClN2O2/c1-2-13(11-3-5-12(15)6-4-11)16-14(18)17-7-9-19-10-8-17/h3-6,13H,2,7-10H2,1H3,(H,16,18). The molecule has 1 aliphatic heterocycles. The van der Waals surface area contributed by atoms with Gasteiger partial charge in [0.2, 0.25) is 0 Å². The van der Waals surface area contributed by atoms with Crippen molar-refractivity contribution in [3.63, 3.8) is 0 Å². The first-order valence-electron chi connectivity index (χ1n) is 6.59. The molecule has 1 aliphatic rings. The third-order valence-corrected chi connectivity index (χ3v) is 3.53. The number of urea groups is 1. The average molecular weight is 283 g/mol. The maximum absolute atomic E-state index is 12.1. The van der Waals surface area contributed by atoms with Gasteiger partial charge in [-0.05, 0) is 24.1 Å². The fourth-order valence-electron chi connectivity index (χ4n) is 2.12. The summed E-state index contributed by atoms with van der Waals surface area (Å²) in [5, 5.41) is 3.77. The Hall–Kier alpha value is -1.26. The fourth-order valence-corrected chi connectivity index (χ4v) is 2.25. The maximum atomic E-state index is 12.1.